The molecule has 3 aromatic rings. The van der Waals surface area contributed by atoms with Gasteiger partial charge < -0.3 is 9.80 Å². The van der Waals surface area contributed by atoms with Crippen LogP contribution in [-0.4, -0.2) is 48.4 Å². The Morgan fingerprint density at radius 2 is 1.53 bits per heavy atom. The number of piperidine rings is 2. The normalized spacial score (nSPS) is 20.9. The van der Waals surface area contributed by atoms with E-state index in [9.17, 15) is 4.79 Å². The lowest BCUT2D eigenvalue weighted by Gasteiger charge is -2.45. The zero-order valence-corrected chi connectivity index (χ0v) is 23.6. The van der Waals surface area contributed by atoms with E-state index < -0.39 is 0 Å². The molecule has 0 spiro atoms. The van der Waals surface area contributed by atoms with E-state index in [0.29, 0.717) is 16.5 Å². The van der Waals surface area contributed by atoms with Crippen LogP contribution in [-0.2, 0) is 23.1 Å². The van der Waals surface area contributed by atoms with Crippen molar-refractivity contribution in [1.29, 1.82) is 0 Å². The van der Waals surface area contributed by atoms with Crippen LogP contribution in [0.25, 0.3) is 0 Å². The number of carbonyl (C=O) groups excluding carboxylic acids is 1. The van der Waals surface area contributed by atoms with Crippen LogP contribution in [0.3, 0.4) is 0 Å². The van der Waals surface area contributed by atoms with Gasteiger partial charge in [0, 0.05) is 18.5 Å². The fraction of sp³-hybridized carbons (Fsp3) is 0.424. The summed E-state index contributed by atoms with van der Waals surface area (Å²) >= 11 is 12.8. The van der Waals surface area contributed by atoms with Crippen LogP contribution in [0.5, 0.6) is 0 Å². The molecule has 5 rings (SSSR count). The Bertz CT molecular complexity index is 1190. The topological polar surface area (TPSA) is 23.6 Å². The predicted molar refractivity (Wildman–Crippen MR) is 158 cm³/mol. The van der Waals surface area contributed by atoms with Crippen molar-refractivity contribution in [2.45, 2.75) is 50.4 Å². The van der Waals surface area contributed by atoms with Gasteiger partial charge in [0.05, 0.1) is 16.5 Å². The summed E-state index contributed by atoms with van der Waals surface area (Å²) in [6.45, 7) is 4.89. The third-order valence-corrected chi connectivity index (χ3v) is 9.38. The van der Waals surface area contributed by atoms with Crippen molar-refractivity contribution in [3.05, 3.63) is 106 Å². The molecular formula is C33H38Cl2N2O. The van der Waals surface area contributed by atoms with Crippen molar-refractivity contribution in [1.82, 2.24) is 9.80 Å². The number of benzene rings is 3. The van der Waals surface area contributed by atoms with E-state index in [4.69, 9.17) is 23.2 Å². The minimum atomic E-state index is -0.111. The first-order valence-corrected chi connectivity index (χ1v) is 14.8. The number of hydrogen-bond donors (Lipinski definition) is 0. The highest BCUT2D eigenvalue weighted by molar-refractivity contribution is 6.42. The van der Waals surface area contributed by atoms with Crippen molar-refractivity contribution in [2.75, 3.05) is 32.7 Å². The standard InChI is InChI=1S/C33H38Cl2N2O/c34-30-13-12-29(24-31(30)35)33(16-7-18-37(25-33)32(38)23-27-10-5-2-6-11-27)17-21-36-19-14-28(15-20-36)22-26-8-3-1-4-9-26/h1-6,8-13,24,28H,7,14-23,25H2. The van der Waals surface area contributed by atoms with Crippen LogP contribution in [0.2, 0.25) is 10.0 Å². The SMILES string of the molecule is O=C(Cc1ccccc1)N1CCCC(CCN2CCC(Cc3ccccc3)CC2)(c2ccc(Cl)c(Cl)c2)C1. The van der Waals surface area contributed by atoms with E-state index in [0.717, 1.165) is 63.5 Å². The summed E-state index contributed by atoms with van der Waals surface area (Å²) < 4.78 is 0. The highest BCUT2D eigenvalue weighted by Gasteiger charge is 2.39. The van der Waals surface area contributed by atoms with Gasteiger partial charge in [0.2, 0.25) is 5.91 Å². The Labute approximate surface area is 237 Å². The van der Waals surface area contributed by atoms with Crippen molar-refractivity contribution >= 4 is 29.1 Å². The van der Waals surface area contributed by atoms with Gasteiger partial charge in [-0.2, -0.15) is 0 Å². The molecule has 0 N–H and O–H groups in total. The maximum atomic E-state index is 13.4. The molecule has 0 radical (unpaired) electrons. The Hall–Kier alpha value is -2.33. The zero-order valence-electron chi connectivity index (χ0n) is 22.1. The van der Waals surface area contributed by atoms with Crippen molar-refractivity contribution in [3.8, 4) is 0 Å². The average molecular weight is 550 g/mol. The van der Waals surface area contributed by atoms with E-state index in [1.165, 1.54) is 30.4 Å². The van der Waals surface area contributed by atoms with E-state index in [1.54, 1.807) is 0 Å². The van der Waals surface area contributed by atoms with Crippen LogP contribution in [0.4, 0.5) is 0 Å². The largest absolute Gasteiger partial charge is 0.342 e. The van der Waals surface area contributed by atoms with Gasteiger partial charge in [-0.25, -0.2) is 0 Å². The van der Waals surface area contributed by atoms with Crippen molar-refractivity contribution in [3.63, 3.8) is 0 Å². The molecular weight excluding hydrogens is 511 g/mol. The first-order chi connectivity index (χ1) is 18.5. The van der Waals surface area contributed by atoms with Gasteiger partial charge in [0.25, 0.3) is 0 Å². The molecule has 2 aliphatic rings. The molecule has 0 bridgehead atoms. The monoisotopic (exact) mass is 548 g/mol. The van der Waals surface area contributed by atoms with Gasteiger partial charge in [0.1, 0.15) is 0 Å². The molecule has 2 fully saturated rings. The quantitative estimate of drug-likeness (QED) is 0.292. The average Bonchev–Trinajstić information content (AvgIpc) is 2.95. The first-order valence-electron chi connectivity index (χ1n) is 14.0. The summed E-state index contributed by atoms with van der Waals surface area (Å²) in [5.41, 5.74) is 3.62. The minimum absolute atomic E-state index is 0.111. The van der Waals surface area contributed by atoms with Gasteiger partial charge in [-0.3, -0.25) is 4.79 Å². The molecule has 0 aliphatic carbocycles. The fourth-order valence-electron chi connectivity index (χ4n) is 6.37. The Balaban J connectivity index is 1.26. The second-order valence-corrected chi connectivity index (χ2v) is 12.0. The minimum Gasteiger partial charge on any atom is -0.342 e. The summed E-state index contributed by atoms with van der Waals surface area (Å²) in [6, 6.07) is 27.0. The van der Waals surface area contributed by atoms with E-state index >= 15 is 0 Å². The number of carbonyl (C=O) groups is 1. The van der Waals surface area contributed by atoms with Crippen LogP contribution in [0, 0.1) is 5.92 Å². The molecule has 1 atom stereocenters. The molecule has 3 nitrogen and oxygen atoms in total. The van der Waals surface area contributed by atoms with Gasteiger partial charge in [-0.05, 0) is 92.9 Å². The van der Waals surface area contributed by atoms with Crippen LogP contribution < -0.4 is 0 Å². The van der Waals surface area contributed by atoms with Gasteiger partial charge >= 0.3 is 0 Å². The summed E-state index contributed by atoms with van der Waals surface area (Å²) in [4.78, 5) is 18.1. The Morgan fingerprint density at radius 1 is 0.842 bits per heavy atom. The molecule has 1 unspecified atom stereocenters. The highest BCUT2D eigenvalue weighted by atomic mass is 35.5. The summed E-state index contributed by atoms with van der Waals surface area (Å²) in [5, 5.41) is 1.18. The lowest BCUT2D eigenvalue weighted by molar-refractivity contribution is -0.132. The zero-order chi connectivity index (χ0) is 26.4. The predicted octanol–water partition coefficient (Wildman–Crippen LogP) is 7.44. The summed E-state index contributed by atoms with van der Waals surface area (Å²) in [5.74, 6) is 0.973. The number of rotatable bonds is 8. The van der Waals surface area contributed by atoms with E-state index in [2.05, 4.69) is 46.2 Å². The van der Waals surface area contributed by atoms with Crippen LogP contribution >= 0.6 is 23.2 Å². The van der Waals surface area contributed by atoms with Gasteiger partial charge in [-0.1, -0.05) is 89.9 Å². The number of nitrogens with zero attached hydrogens (tertiary/aromatic N) is 2. The van der Waals surface area contributed by atoms with E-state index in [1.807, 2.05) is 42.5 Å². The van der Waals surface area contributed by atoms with Gasteiger partial charge in [0.15, 0.2) is 0 Å². The third-order valence-electron chi connectivity index (χ3n) is 8.64. The maximum Gasteiger partial charge on any atom is 0.227 e. The third kappa shape index (κ3) is 6.81. The highest BCUT2D eigenvalue weighted by Crippen LogP contribution is 2.40. The second-order valence-electron chi connectivity index (χ2n) is 11.2. The summed E-state index contributed by atoms with van der Waals surface area (Å²) in [7, 11) is 0. The molecule has 3 aromatic carbocycles. The number of likely N-dealkylation sites (tertiary alicyclic amines) is 2. The molecule has 2 heterocycles. The van der Waals surface area contributed by atoms with Gasteiger partial charge in [-0.15, -0.1) is 0 Å². The fourth-order valence-corrected chi connectivity index (χ4v) is 6.67. The Kier molecular flexibility index (Phi) is 9.09. The Morgan fingerprint density at radius 3 is 2.21 bits per heavy atom. The molecule has 2 saturated heterocycles. The molecule has 38 heavy (non-hydrogen) atoms. The molecule has 0 aromatic heterocycles. The number of hydrogen-bond acceptors (Lipinski definition) is 2. The number of amides is 1. The lowest BCUT2D eigenvalue weighted by atomic mass is 9.71. The summed E-state index contributed by atoms with van der Waals surface area (Å²) in [6.07, 6.45) is 7.20. The molecule has 1 amide bonds. The number of halogens is 2. The smallest absolute Gasteiger partial charge is 0.227 e. The molecule has 0 saturated carbocycles. The molecule has 2 aliphatic heterocycles. The van der Waals surface area contributed by atoms with Crippen LogP contribution in [0.1, 0.15) is 48.8 Å². The lowest BCUT2D eigenvalue weighted by Crippen LogP contribution is -2.50. The molecule has 5 heteroatoms. The maximum absolute atomic E-state index is 13.4. The van der Waals surface area contributed by atoms with Crippen molar-refractivity contribution < 1.29 is 4.79 Å². The second kappa shape index (κ2) is 12.7. The van der Waals surface area contributed by atoms with Crippen LogP contribution in [0.15, 0.2) is 78.9 Å². The molecule has 200 valence electrons. The van der Waals surface area contributed by atoms with Crippen molar-refractivity contribution in [2.24, 2.45) is 5.92 Å². The van der Waals surface area contributed by atoms with E-state index in [-0.39, 0.29) is 11.3 Å². The first kappa shape index (κ1) is 27.2.